The summed E-state index contributed by atoms with van der Waals surface area (Å²) in [7, 11) is 0. The van der Waals surface area contributed by atoms with Gasteiger partial charge in [-0.3, -0.25) is 0 Å². The lowest BCUT2D eigenvalue weighted by Crippen LogP contribution is -1.93. The molecule has 0 radical (unpaired) electrons. The second-order valence-electron chi connectivity index (χ2n) is 2.84. The van der Waals surface area contributed by atoms with Crippen LogP contribution in [0.25, 0.3) is 11.1 Å². The zero-order valence-electron chi connectivity index (χ0n) is 7.31. The molecule has 0 bridgehead atoms. The fourth-order valence-corrected chi connectivity index (χ4v) is 1.70. The molecule has 0 spiro atoms. The topological polar surface area (TPSA) is 51.8 Å². The smallest absolute Gasteiger partial charge is 0.219 e. The van der Waals surface area contributed by atoms with Crippen molar-refractivity contribution in [1.82, 2.24) is 9.97 Å². The molecule has 3 nitrogen and oxygen atoms in total. The normalized spacial score (nSPS) is 10.1. The predicted octanol–water partition coefficient (Wildman–Crippen LogP) is 2.33. The number of benzene rings is 1. The van der Waals surface area contributed by atoms with Gasteiger partial charge < -0.3 is 5.73 Å². The van der Waals surface area contributed by atoms with Crippen LogP contribution in [-0.4, -0.2) is 9.97 Å². The van der Waals surface area contributed by atoms with Crippen molar-refractivity contribution in [2.24, 2.45) is 0 Å². The summed E-state index contributed by atoms with van der Waals surface area (Å²) in [6, 6.07) is 8.15. The van der Waals surface area contributed by atoms with Gasteiger partial charge in [-0.1, -0.05) is 12.1 Å². The molecule has 14 heavy (non-hydrogen) atoms. The second-order valence-corrected chi connectivity index (χ2v) is 4.09. The molecule has 2 N–H and O–H groups in total. The van der Waals surface area contributed by atoms with Crippen LogP contribution >= 0.6 is 22.6 Å². The Hall–Kier alpha value is -1.17. The highest BCUT2D eigenvalue weighted by Gasteiger charge is 1.98. The molecule has 4 heteroatoms. The highest BCUT2D eigenvalue weighted by atomic mass is 127. The van der Waals surface area contributed by atoms with Crippen molar-refractivity contribution in [1.29, 1.82) is 0 Å². The summed E-state index contributed by atoms with van der Waals surface area (Å²) in [5.74, 6) is 0.305. The minimum Gasteiger partial charge on any atom is -0.368 e. The average molecular weight is 297 g/mol. The summed E-state index contributed by atoms with van der Waals surface area (Å²) >= 11 is 2.27. The van der Waals surface area contributed by atoms with Crippen molar-refractivity contribution < 1.29 is 0 Å². The molecule has 1 heterocycles. The number of nitrogen functional groups attached to an aromatic ring is 1. The van der Waals surface area contributed by atoms with Crippen LogP contribution in [-0.2, 0) is 0 Å². The molecule has 0 aliphatic carbocycles. The van der Waals surface area contributed by atoms with Crippen LogP contribution in [0.15, 0.2) is 36.7 Å². The Bertz CT molecular complexity index is 439. The van der Waals surface area contributed by atoms with E-state index in [-0.39, 0.29) is 0 Å². The van der Waals surface area contributed by atoms with Crippen molar-refractivity contribution in [3.63, 3.8) is 0 Å². The molecule has 0 atom stereocenters. The Morgan fingerprint density at radius 1 is 1.07 bits per heavy atom. The van der Waals surface area contributed by atoms with Gasteiger partial charge in [0.1, 0.15) is 0 Å². The first-order valence-electron chi connectivity index (χ1n) is 4.09. The van der Waals surface area contributed by atoms with Crippen molar-refractivity contribution in [3.05, 3.63) is 40.2 Å². The van der Waals surface area contributed by atoms with Gasteiger partial charge in [0, 0.05) is 21.5 Å². The average Bonchev–Trinajstić information content (AvgIpc) is 2.19. The minimum atomic E-state index is 0.305. The van der Waals surface area contributed by atoms with E-state index in [1.807, 2.05) is 18.2 Å². The summed E-state index contributed by atoms with van der Waals surface area (Å²) in [6.45, 7) is 0. The van der Waals surface area contributed by atoms with Gasteiger partial charge in [-0.15, -0.1) is 0 Å². The monoisotopic (exact) mass is 297 g/mol. The van der Waals surface area contributed by atoms with Crippen molar-refractivity contribution in [2.75, 3.05) is 5.73 Å². The number of rotatable bonds is 1. The number of nitrogens with two attached hydrogens (primary N) is 1. The molecule has 2 rings (SSSR count). The zero-order valence-corrected chi connectivity index (χ0v) is 9.47. The molecule has 0 saturated carbocycles. The Morgan fingerprint density at radius 2 is 1.79 bits per heavy atom. The lowest BCUT2D eigenvalue weighted by molar-refractivity contribution is 1.19. The third-order valence-corrected chi connectivity index (χ3v) is 2.50. The van der Waals surface area contributed by atoms with Crippen LogP contribution in [0.5, 0.6) is 0 Å². The predicted molar refractivity (Wildman–Crippen MR) is 64.6 cm³/mol. The second kappa shape index (κ2) is 3.91. The molecule has 1 aromatic carbocycles. The van der Waals surface area contributed by atoms with Gasteiger partial charge >= 0.3 is 0 Å². The molecule has 2 aromatic rings. The first kappa shape index (κ1) is 9.39. The van der Waals surface area contributed by atoms with E-state index in [2.05, 4.69) is 38.6 Å². The maximum Gasteiger partial charge on any atom is 0.219 e. The van der Waals surface area contributed by atoms with E-state index in [9.17, 15) is 0 Å². The summed E-state index contributed by atoms with van der Waals surface area (Å²) < 4.78 is 1.19. The number of hydrogen-bond donors (Lipinski definition) is 1. The van der Waals surface area contributed by atoms with Gasteiger partial charge in [0.15, 0.2) is 0 Å². The molecule has 1 aromatic heterocycles. The Balaban J connectivity index is 2.44. The lowest BCUT2D eigenvalue weighted by Gasteiger charge is -2.00. The van der Waals surface area contributed by atoms with Crippen molar-refractivity contribution >= 4 is 28.5 Å². The molecular formula is C10H8IN3. The van der Waals surface area contributed by atoms with Gasteiger partial charge in [-0.2, -0.15) is 0 Å². The molecule has 0 aliphatic rings. The Kier molecular flexibility index (Phi) is 2.62. The van der Waals surface area contributed by atoms with Crippen LogP contribution in [0, 0.1) is 3.57 Å². The van der Waals surface area contributed by atoms with Crippen LogP contribution in [0.4, 0.5) is 5.95 Å². The first-order chi connectivity index (χ1) is 6.75. The van der Waals surface area contributed by atoms with E-state index in [4.69, 9.17) is 5.73 Å². The first-order valence-corrected chi connectivity index (χ1v) is 5.17. The fourth-order valence-electron chi connectivity index (χ4n) is 1.16. The summed E-state index contributed by atoms with van der Waals surface area (Å²) in [5, 5.41) is 0. The summed E-state index contributed by atoms with van der Waals surface area (Å²) in [6.07, 6.45) is 3.46. The molecule has 0 fully saturated rings. The Morgan fingerprint density at radius 3 is 2.43 bits per heavy atom. The van der Waals surface area contributed by atoms with E-state index in [0.717, 1.165) is 11.1 Å². The zero-order chi connectivity index (χ0) is 9.97. The van der Waals surface area contributed by atoms with Crippen LogP contribution < -0.4 is 5.73 Å². The van der Waals surface area contributed by atoms with Gasteiger partial charge in [0.2, 0.25) is 5.95 Å². The number of aromatic nitrogens is 2. The van der Waals surface area contributed by atoms with Crippen molar-refractivity contribution in [3.8, 4) is 11.1 Å². The number of hydrogen-bond acceptors (Lipinski definition) is 3. The number of anilines is 1. The SMILES string of the molecule is Nc1ncc(-c2cccc(I)c2)cn1. The van der Waals surface area contributed by atoms with E-state index < -0.39 is 0 Å². The van der Waals surface area contributed by atoms with Gasteiger partial charge in [0.05, 0.1) is 0 Å². The van der Waals surface area contributed by atoms with E-state index in [0.29, 0.717) is 5.95 Å². The Labute approximate surface area is 95.5 Å². The van der Waals surface area contributed by atoms with Crippen LogP contribution in [0.3, 0.4) is 0 Å². The number of nitrogens with zero attached hydrogens (tertiary/aromatic N) is 2. The summed E-state index contributed by atoms with van der Waals surface area (Å²) in [4.78, 5) is 7.90. The molecule has 0 saturated heterocycles. The maximum atomic E-state index is 5.41. The van der Waals surface area contributed by atoms with E-state index >= 15 is 0 Å². The van der Waals surface area contributed by atoms with Crippen LogP contribution in [0.2, 0.25) is 0 Å². The van der Waals surface area contributed by atoms with Gasteiger partial charge in [-0.05, 0) is 40.3 Å². The highest BCUT2D eigenvalue weighted by molar-refractivity contribution is 14.1. The highest BCUT2D eigenvalue weighted by Crippen LogP contribution is 2.19. The summed E-state index contributed by atoms with van der Waals surface area (Å²) in [5.41, 5.74) is 7.50. The quantitative estimate of drug-likeness (QED) is 0.822. The maximum absolute atomic E-state index is 5.41. The lowest BCUT2D eigenvalue weighted by atomic mass is 10.1. The van der Waals surface area contributed by atoms with E-state index in [1.165, 1.54) is 3.57 Å². The molecule has 0 unspecified atom stereocenters. The minimum absolute atomic E-state index is 0.305. The van der Waals surface area contributed by atoms with E-state index in [1.54, 1.807) is 12.4 Å². The van der Waals surface area contributed by atoms with Crippen molar-refractivity contribution in [2.45, 2.75) is 0 Å². The van der Waals surface area contributed by atoms with Gasteiger partial charge in [-0.25, -0.2) is 9.97 Å². The fraction of sp³-hybridized carbons (Fsp3) is 0. The molecule has 0 aliphatic heterocycles. The third-order valence-electron chi connectivity index (χ3n) is 1.83. The number of halogens is 1. The van der Waals surface area contributed by atoms with Crippen LogP contribution in [0.1, 0.15) is 0 Å². The molecular weight excluding hydrogens is 289 g/mol. The largest absolute Gasteiger partial charge is 0.368 e. The standard InChI is InChI=1S/C10H8IN3/c11-9-3-1-2-7(4-9)8-5-13-10(12)14-6-8/h1-6H,(H2,12,13,14). The molecule has 0 amide bonds. The molecule has 70 valence electrons. The van der Waals surface area contributed by atoms with Gasteiger partial charge in [0.25, 0.3) is 0 Å². The third kappa shape index (κ3) is 2.01.